The van der Waals surface area contributed by atoms with Gasteiger partial charge in [-0.05, 0) is 30.7 Å². The number of guanidine groups is 1. The molecule has 0 bridgehead atoms. The Morgan fingerprint density at radius 1 is 1.24 bits per heavy atom. The molecule has 0 fully saturated rings. The second-order valence-corrected chi connectivity index (χ2v) is 5.52. The number of methoxy groups -OCH3 is 1. The van der Waals surface area contributed by atoms with Crippen LogP contribution in [0, 0.1) is 0 Å². The second kappa shape index (κ2) is 11.7. The van der Waals surface area contributed by atoms with Gasteiger partial charge in [0.15, 0.2) is 11.8 Å². The van der Waals surface area contributed by atoms with Gasteiger partial charge in [-0.2, -0.15) is 5.10 Å². The van der Waals surface area contributed by atoms with Gasteiger partial charge in [0.05, 0.1) is 7.11 Å². The molecule has 2 rings (SSSR count). The number of aliphatic imine (C=N–C) groups is 1. The lowest BCUT2D eigenvalue weighted by molar-refractivity contribution is 0.415. The quantitative estimate of drug-likeness (QED) is 0.232. The van der Waals surface area contributed by atoms with E-state index < -0.39 is 0 Å². The first kappa shape index (κ1) is 21.2. The van der Waals surface area contributed by atoms with Gasteiger partial charge in [0.25, 0.3) is 0 Å². The first-order chi connectivity index (χ1) is 11.7. The van der Waals surface area contributed by atoms with E-state index in [0.717, 1.165) is 24.3 Å². The lowest BCUT2D eigenvalue weighted by Gasteiger charge is -2.04. The molecule has 0 aliphatic rings. The van der Waals surface area contributed by atoms with Gasteiger partial charge in [-0.1, -0.05) is 26.2 Å². The van der Waals surface area contributed by atoms with Crippen molar-refractivity contribution in [1.82, 2.24) is 20.5 Å². The summed E-state index contributed by atoms with van der Waals surface area (Å²) in [6.07, 6.45) is 4.80. The fourth-order valence-corrected chi connectivity index (χ4v) is 2.22. The van der Waals surface area contributed by atoms with Gasteiger partial charge >= 0.3 is 0 Å². The fourth-order valence-electron chi connectivity index (χ4n) is 2.22. The summed E-state index contributed by atoms with van der Waals surface area (Å²) in [4.78, 5) is 8.71. The van der Waals surface area contributed by atoms with Crippen molar-refractivity contribution in [3.05, 3.63) is 30.1 Å². The Bertz CT molecular complexity index is 641. The van der Waals surface area contributed by atoms with E-state index >= 15 is 0 Å². The molecule has 138 valence electrons. The molecule has 0 aliphatic carbocycles. The standard InChI is InChI=1S/C17H26N6O.HI/c1-3-4-5-6-11-19-17(18)20-12-15-21-16(23-22-15)13-7-9-14(24-2)10-8-13;/h7-10H,3-6,11-12H2,1-2H3,(H3,18,19,20)(H,21,22,23);1H. The normalized spacial score (nSPS) is 11.0. The summed E-state index contributed by atoms with van der Waals surface area (Å²) >= 11 is 0. The highest BCUT2D eigenvalue weighted by Gasteiger charge is 2.06. The van der Waals surface area contributed by atoms with Crippen LogP contribution < -0.4 is 15.8 Å². The second-order valence-electron chi connectivity index (χ2n) is 5.52. The van der Waals surface area contributed by atoms with E-state index in [1.807, 2.05) is 24.3 Å². The third-order valence-electron chi connectivity index (χ3n) is 3.62. The van der Waals surface area contributed by atoms with Crippen molar-refractivity contribution in [1.29, 1.82) is 0 Å². The molecule has 1 aromatic carbocycles. The molecular weight excluding hydrogens is 431 g/mol. The number of H-pyrrole nitrogens is 1. The summed E-state index contributed by atoms with van der Waals surface area (Å²) in [7, 11) is 1.64. The zero-order valence-electron chi connectivity index (χ0n) is 14.8. The van der Waals surface area contributed by atoms with E-state index in [9.17, 15) is 0 Å². The van der Waals surface area contributed by atoms with E-state index in [2.05, 4.69) is 32.4 Å². The number of ether oxygens (including phenoxy) is 1. The van der Waals surface area contributed by atoms with Crippen LogP contribution >= 0.6 is 24.0 Å². The van der Waals surface area contributed by atoms with Crippen LogP contribution in [0.25, 0.3) is 11.4 Å². The maximum absolute atomic E-state index is 5.85. The van der Waals surface area contributed by atoms with E-state index in [0.29, 0.717) is 24.2 Å². The van der Waals surface area contributed by atoms with Gasteiger partial charge in [-0.25, -0.2) is 9.98 Å². The molecule has 4 N–H and O–H groups in total. The highest BCUT2D eigenvalue weighted by Crippen LogP contribution is 2.18. The van der Waals surface area contributed by atoms with Crippen LogP contribution in [-0.4, -0.2) is 34.8 Å². The Morgan fingerprint density at radius 2 is 2.00 bits per heavy atom. The predicted molar refractivity (Wildman–Crippen MR) is 111 cm³/mol. The minimum Gasteiger partial charge on any atom is -0.497 e. The number of benzene rings is 1. The summed E-state index contributed by atoms with van der Waals surface area (Å²) in [5, 5.41) is 10.2. The number of aromatic amines is 1. The van der Waals surface area contributed by atoms with Gasteiger partial charge in [0.2, 0.25) is 0 Å². The van der Waals surface area contributed by atoms with Crippen molar-refractivity contribution in [3.63, 3.8) is 0 Å². The van der Waals surface area contributed by atoms with Crippen molar-refractivity contribution in [2.45, 2.75) is 39.2 Å². The molecule has 7 nitrogen and oxygen atoms in total. The highest BCUT2D eigenvalue weighted by atomic mass is 127. The Hall–Kier alpha value is -1.84. The largest absolute Gasteiger partial charge is 0.497 e. The minimum absolute atomic E-state index is 0. The summed E-state index contributed by atoms with van der Waals surface area (Å²) in [5.74, 6) is 2.55. The first-order valence-corrected chi connectivity index (χ1v) is 8.32. The maximum Gasteiger partial charge on any atom is 0.189 e. The third kappa shape index (κ3) is 7.29. The van der Waals surface area contributed by atoms with Crippen molar-refractivity contribution < 1.29 is 4.74 Å². The Balaban J connectivity index is 0.00000312. The van der Waals surface area contributed by atoms with Gasteiger partial charge in [-0.15, -0.1) is 24.0 Å². The number of nitrogens with one attached hydrogen (secondary N) is 2. The molecular formula is C17H27IN6O. The molecule has 2 aromatic rings. The van der Waals surface area contributed by atoms with E-state index in [1.54, 1.807) is 7.11 Å². The lowest BCUT2D eigenvalue weighted by Crippen LogP contribution is -2.32. The number of nitrogens with two attached hydrogens (primary N) is 1. The number of unbranched alkanes of at least 4 members (excludes halogenated alkanes) is 3. The summed E-state index contributed by atoms with van der Waals surface area (Å²) in [6, 6.07) is 7.59. The molecule has 0 spiro atoms. The Morgan fingerprint density at radius 3 is 2.68 bits per heavy atom. The Labute approximate surface area is 165 Å². The van der Waals surface area contributed by atoms with E-state index in [4.69, 9.17) is 10.5 Å². The van der Waals surface area contributed by atoms with Gasteiger partial charge in [0.1, 0.15) is 18.1 Å². The zero-order valence-corrected chi connectivity index (χ0v) is 17.1. The third-order valence-corrected chi connectivity index (χ3v) is 3.62. The summed E-state index contributed by atoms with van der Waals surface area (Å²) < 4.78 is 5.14. The number of aromatic nitrogens is 3. The minimum atomic E-state index is 0. The molecule has 8 heteroatoms. The average Bonchev–Trinajstić information content (AvgIpc) is 3.09. The van der Waals surface area contributed by atoms with Crippen LogP contribution in [0.3, 0.4) is 0 Å². The number of hydrogen-bond donors (Lipinski definition) is 3. The monoisotopic (exact) mass is 458 g/mol. The van der Waals surface area contributed by atoms with Crippen molar-refractivity contribution in [2.75, 3.05) is 13.7 Å². The molecule has 0 saturated heterocycles. The van der Waals surface area contributed by atoms with Crippen LogP contribution in [0.15, 0.2) is 29.3 Å². The molecule has 0 amide bonds. The van der Waals surface area contributed by atoms with Gasteiger partial charge in [-0.3, -0.25) is 5.10 Å². The topological polar surface area (TPSA) is 101 Å². The number of rotatable bonds is 9. The molecule has 25 heavy (non-hydrogen) atoms. The Kier molecular flexibility index (Phi) is 9.90. The zero-order chi connectivity index (χ0) is 17.2. The number of nitrogens with zero attached hydrogens (tertiary/aromatic N) is 3. The van der Waals surface area contributed by atoms with Gasteiger partial charge < -0.3 is 15.8 Å². The van der Waals surface area contributed by atoms with E-state index in [1.165, 1.54) is 19.3 Å². The molecule has 0 radical (unpaired) electrons. The molecule has 1 heterocycles. The van der Waals surface area contributed by atoms with Crippen LogP contribution in [0.4, 0.5) is 0 Å². The van der Waals surface area contributed by atoms with Gasteiger partial charge in [0, 0.05) is 12.1 Å². The lowest BCUT2D eigenvalue weighted by atomic mass is 10.2. The molecule has 0 atom stereocenters. The molecule has 1 aromatic heterocycles. The van der Waals surface area contributed by atoms with Crippen molar-refractivity contribution in [3.8, 4) is 17.1 Å². The maximum atomic E-state index is 5.85. The number of hydrogen-bond acceptors (Lipinski definition) is 4. The first-order valence-electron chi connectivity index (χ1n) is 8.32. The molecule has 0 unspecified atom stereocenters. The molecule has 0 aliphatic heterocycles. The SMILES string of the molecule is CCCCCCNC(N)=NCc1nc(-c2ccc(OC)cc2)n[nH]1.I. The summed E-state index contributed by atoms with van der Waals surface area (Å²) in [5.41, 5.74) is 6.77. The van der Waals surface area contributed by atoms with Crippen LogP contribution in [0.2, 0.25) is 0 Å². The van der Waals surface area contributed by atoms with Crippen molar-refractivity contribution in [2.24, 2.45) is 10.7 Å². The van der Waals surface area contributed by atoms with E-state index in [-0.39, 0.29) is 24.0 Å². The van der Waals surface area contributed by atoms with Crippen LogP contribution in [-0.2, 0) is 6.54 Å². The summed E-state index contributed by atoms with van der Waals surface area (Å²) in [6.45, 7) is 3.42. The fraction of sp³-hybridized carbons (Fsp3) is 0.471. The smallest absolute Gasteiger partial charge is 0.189 e. The van der Waals surface area contributed by atoms with Crippen LogP contribution in [0.5, 0.6) is 5.75 Å². The highest BCUT2D eigenvalue weighted by molar-refractivity contribution is 14.0. The van der Waals surface area contributed by atoms with Crippen LogP contribution in [0.1, 0.15) is 38.4 Å². The predicted octanol–water partition coefficient (Wildman–Crippen LogP) is 3.08. The number of halogens is 1. The average molecular weight is 458 g/mol. The van der Waals surface area contributed by atoms with Crippen molar-refractivity contribution >= 4 is 29.9 Å². The molecule has 0 saturated carbocycles.